The fraction of sp³-hybridized carbons (Fsp3) is 0.182. The summed E-state index contributed by atoms with van der Waals surface area (Å²) < 4.78 is 5.12. The number of methoxy groups -OCH3 is 1. The Balaban J connectivity index is 1.52. The smallest absolute Gasteiger partial charge is 0.229 e. The van der Waals surface area contributed by atoms with Gasteiger partial charge in [0.1, 0.15) is 5.75 Å². The Morgan fingerprint density at radius 2 is 1.78 bits per heavy atom. The lowest BCUT2D eigenvalue weighted by molar-refractivity contribution is -0.122. The van der Waals surface area contributed by atoms with Crippen molar-refractivity contribution >= 4 is 34.0 Å². The van der Waals surface area contributed by atoms with Crippen LogP contribution >= 0.6 is 0 Å². The van der Waals surface area contributed by atoms with E-state index in [0.29, 0.717) is 12.2 Å². The first kappa shape index (κ1) is 17.1. The number of fused-ring (bicyclic) bond motifs is 1. The second kappa shape index (κ2) is 7.11. The Morgan fingerprint density at radius 3 is 2.56 bits per heavy atom. The minimum atomic E-state index is -0.376. The van der Waals surface area contributed by atoms with Crippen LogP contribution in [0.1, 0.15) is 6.42 Å². The summed E-state index contributed by atoms with van der Waals surface area (Å²) in [5.41, 5.74) is 1.55. The van der Waals surface area contributed by atoms with Crippen LogP contribution in [-0.4, -0.2) is 25.5 Å². The predicted molar refractivity (Wildman–Crippen MR) is 106 cm³/mol. The van der Waals surface area contributed by atoms with Crippen molar-refractivity contribution in [3.8, 4) is 5.75 Å². The van der Waals surface area contributed by atoms with Crippen molar-refractivity contribution in [3.05, 3.63) is 66.7 Å². The van der Waals surface area contributed by atoms with Gasteiger partial charge < -0.3 is 15.0 Å². The molecule has 1 heterocycles. The van der Waals surface area contributed by atoms with Gasteiger partial charge in [0.05, 0.1) is 18.7 Å². The zero-order valence-electron chi connectivity index (χ0n) is 15.0. The first-order chi connectivity index (χ1) is 13.2. The average Bonchev–Trinajstić information content (AvgIpc) is 3.10. The van der Waals surface area contributed by atoms with E-state index in [1.165, 1.54) is 0 Å². The van der Waals surface area contributed by atoms with Crippen molar-refractivity contribution in [1.82, 2.24) is 0 Å². The molecule has 3 aromatic carbocycles. The Kier molecular flexibility index (Phi) is 4.50. The SMILES string of the molecule is COc1ccc(NC(=O)[C@@H]2CC(=O)N(c3cccc4ccccc34)C2)cc1. The van der Waals surface area contributed by atoms with Crippen LogP contribution in [0.2, 0.25) is 0 Å². The number of carbonyl (C=O) groups excluding carboxylic acids is 2. The summed E-state index contributed by atoms with van der Waals surface area (Å²) in [6, 6.07) is 21.0. The Morgan fingerprint density at radius 1 is 1.04 bits per heavy atom. The predicted octanol–water partition coefficient (Wildman–Crippen LogP) is 3.84. The molecule has 0 bridgehead atoms. The first-order valence-electron chi connectivity index (χ1n) is 8.89. The molecule has 3 aromatic rings. The van der Waals surface area contributed by atoms with E-state index in [2.05, 4.69) is 5.32 Å². The standard InChI is InChI=1S/C22H20N2O3/c1-27-18-11-9-17(10-12-18)23-22(26)16-13-21(25)24(14-16)20-8-4-6-15-5-2-3-7-19(15)20/h2-12,16H,13-14H2,1H3,(H,23,26)/t16-/m1/s1. The van der Waals surface area contributed by atoms with Crippen LogP contribution in [0.5, 0.6) is 5.75 Å². The van der Waals surface area contributed by atoms with Gasteiger partial charge in [0.2, 0.25) is 11.8 Å². The molecule has 0 radical (unpaired) electrons. The molecule has 27 heavy (non-hydrogen) atoms. The molecule has 0 saturated carbocycles. The van der Waals surface area contributed by atoms with Crippen molar-refractivity contribution in [3.63, 3.8) is 0 Å². The number of nitrogens with zero attached hydrogens (tertiary/aromatic N) is 1. The number of anilines is 2. The maximum Gasteiger partial charge on any atom is 0.229 e. The highest BCUT2D eigenvalue weighted by atomic mass is 16.5. The molecule has 136 valence electrons. The maximum atomic E-state index is 12.6. The zero-order valence-corrected chi connectivity index (χ0v) is 15.0. The lowest BCUT2D eigenvalue weighted by Crippen LogP contribution is -2.28. The molecule has 0 spiro atoms. The van der Waals surface area contributed by atoms with Crippen molar-refractivity contribution in [2.75, 3.05) is 23.9 Å². The van der Waals surface area contributed by atoms with Crippen LogP contribution in [0.4, 0.5) is 11.4 Å². The summed E-state index contributed by atoms with van der Waals surface area (Å²) in [5, 5.41) is 4.99. The molecular weight excluding hydrogens is 340 g/mol. The van der Waals surface area contributed by atoms with Crippen molar-refractivity contribution < 1.29 is 14.3 Å². The van der Waals surface area contributed by atoms with Crippen LogP contribution in [0.25, 0.3) is 10.8 Å². The summed E-state index contributed by atoms with van der Waals surface area (Å²) in [6.45, 7) is 0.384. The van der Waals surface area contributed by atoms with Crippen molar-refractivity contribution in [2.45, 2.75) is 6.42 Å². The third-order valence-corrected chi connectivity index (χ3v) is 4.91. The van der Waals surface area contributed by atoms with E-state index in [4.69, 9.17) is 4.74 Å². The number of carbonyl (C=O) groups is 2. The first-order valence-corrected chi connectivity index (χ1v) is 8.89. The number of hydrogen-bond donors (Lipinski definition) is 1. The molecule has 2 amide bonds. The van der Waals surface area contributed by atoms with Gasteiger partial charge in [-0.2, -0.15) is 0 Å². The third-order valence-electron chi connectivity index (χ3n) is 4.91. The van der Waals surface area contributed by atoms with Gasteiger partial charge in [-0.15, -0.1) is 0 Å². The maximum absolute atomic E-state index is 12.6. The van der Waals surface area contributed by atoms with Gasteiger partial charge in [-0.1, -0.05) is 36.4 Å². The third kappa shape index (κ3) is 3.36. The summed E-state index contributed by atoms with van der Waals surface area (Å²) in [5.74, 6) is 0.183. The second-order valence-corrected chi connectivity index (χ2v) is 6.62. The lowest BCUT2D eigenvalue weighted by Gasteiger charge is -2.19. The number of ether oxygens (including phenoxy) is 1. The van der Waals surface area contributed by atoms with E-state index in [-0.39, 0.29) is 24.2 Å². The van der Waals surface area contributed by atoms with E-state index in [1.807, 2.05) is 42.5 Å². The number of nitrogens with one attached hydrogen (secondary N) is 1. The molecule has 0 aromatic heterocycles. The zero-order chi connectivity index (χ0) is 18.8. The van der Waals surface area contributed by atoms with Gasteiger partial charge in [-0.25, -0.2) is 0 Å². The number of hydrogen-bond acceptors (Lipinski definition) is 3. The largest absolute Gasteiger partial charge is 0.497 e. The quantitative estimate of drug-likeness (QED) is 0.769. The minimum absolute atomic E-state index is 0.0266. The molecule has 1 aliphatic heterocycles. The van der Waals surface area contributed by atoms with Gasteiger partial charge in [0.25, 0.3) is 0 Å². The van der Waals surface area contributed by atoms with Crippen LogP contribution < -0.4 is 15.0 Å². The fourth-order valence-electron chi connectivity index (χ4n) is 3.48. The minimum Gasteiger partial charge on any atom is -0.497 e. The average molecular weight is 360 g/mol. The lowest BCUT2D eigenvalue weighted by atomic mass is 10.1. The van der Waals surface area contributed by atoms with E-state index in [9.17, 15) is 9.59 Å². The Bertz CT molecular complexity index is 993. The van der Waals surface area contributed by atoms with Gasteiger partial charge in [0, 0.05) is 24.0 Å². The number of benzene rings is 3. The molecule has 1 fully saturated rings. The summed E-state index contributed by atoms with van der Waals surface area (Å²) in [6.07, 6.45) is 0.214. The summed E-state index contributed by atoms with van der Waals surface area (Å²) in [7, 11) is 1.60. The van der Waals surface area contributed by atoms with Crippen LogP contribution in [-0.2, 0) is 9.59 Å². The molecular formula is C22H20N2O3. The molecule has 1 aliphatic rings. The normalized spacial score (nSPS) is 16.6. The molecule has 0 unspecified atom stereocenters. The number of amides is 2. The van der Waals surface area contributed by atoms with Crippen LogP contribution in [0, 0.1) is 5.92 Å². The monoisotopic (exact) mass is 360 g/mol. The highest BCUT2D eigenvalue weighted by Gasteiger charge is 2.35. The fourth-order valence-corrected chi connectivity index (χ4v) is 3.48. The summed E-state index contributed by atoms with van der Waals surface area (Å²) >= 11 is 0. The molecule has 5 nitrogen and oxygen atoms in total. The molecule has 5 heteroatoms. The van der Waals surface area contributed by atoms with Crippen molar-refractivity contribution in [1.29, 1.82) is 0 Å². The van der Waals surface area contributed by atoms with Gasteiger partial charge in [0.15, 0.2) is 0 Å². The topological polar surface area (TPSA) is 58.6 Å². The second-order valence-electron chi connectivity index (χ2n) is 6.62. The van der Waals surface area contributed by atoms with Crippen LogP contribution in [0.3, 0.4) is 0 Å². The highest BCUT2D eigenvalue weighted by molar-refractivity contribution is 6.08. The molecule has 1 saturated heterocycles. The van der Waals surface area contributed by atoms with Crippen LogP contribution in [0.15, 0.2) is 66.7 Å². The highest BCUT2D eigenvalue weighted by Crippen LogP contribution is 2.32. The Labute approximate surface area is 157 Å². The molecule has 1 N–H and O–H groups in total. The molecule has 0 aliphatic carbocycles. The summed E-state index contributed by atoms with van der Waals surface area (Å²) in [4.78, 5) is 27.0. The Hall–Kier alpha value is -3.34. The number of rotatable bonds is 4. The van der Waals surface area contributed by atoms with Crippen molar-refractivity contribution in [2.24, 2.45) is 5.92 Å². The van der Waals surface area contributed by atoms with E-state index >= 15 is 0 Å². The van der Waals surface area contributed by atoms with Gasteiger partial charge in [-0.05, 0) is 35.7 Å². The van der Waals surface area contributed by atoms with E-state index < -0.39 is 0 Å². The van der Waals surface area contributed by atoms with E-state index in [0.717, 1.165) is 22.2 Å². The van der Waals surface area contributed by atoms with Gasteiger partial charge in [-0.3, -0.25) is 9.59 Å². The molecule has 1 atom stereocenters. The van der Waals surface area contributed by atoms with E-state index in [1.54, 1.807) is 36.3 Å². The molecule has 4 rings (SSSR count). The van der Waals surface area contributed by atoms with Gasteiger partial charge >= 0.3 is 0 Å².